The number of nitrogens with zero attached hydrogens (tertiary/aromatic N) is 2. The first-order valence-corrected chi connectivity index (χ1v) is 5.90. The van der Waals surface area contributed by atoms with E-state index in [-0.39, 0.29) is 6.10 Å². The van der Waals surface area contributed by atoms with Gasteiger partial charge in [0.15, 0.2) is 0 Å². The second-order valence-corrected chi connectivity index (χ2v) is 5.16. The maximum Gasteiger partial charge on any atom is 0.0942 e. The third-order valence-corrected chi connectivity index (χ3v) is 4.13. The van der Waals surface area contributed by atoms with Crippen LogP contribution in [0.25, 0.3) is 0 Å². The first-order valence-electron chi connectivity index (χ1n) is 5.02. The van der Waals surface area contributed by atoms with Crippen LogP contribution >= 0.6 is 11.8 Å². The molecule has 1 fully saturated rings. The summed E-state index contributed by atoms with van der Waals surface area (Å²) in [5.41, 5.74) is 1.04. The molecule has 0 amide bonds. The van der Waals surface area contributed by atoms with E-state index >= 15 is 0 Å². The molecule has 2 rings (SSSR count). The number of hydrogen-bond acceptors (Lipinski definition) is 3. The number of hydrogen-bond donors (Lipinski definition) is 1. The van der Waals surface area contributed by atoms with Gasteiger partial charge >= 0.3 is 0 Å². The van der Waals surface area contributed by atoms with Crippen LogP contribution in [0.15, 0.2) is 11.1 Å². The van der Waals surface area contributed by atoms with Crippen molar-refractivity contribution in [3.05, 3.63) is 11.8 Å². The summed E-state index contributed by atoms with van der Waals surface area (Å²) in [5, 5.41) is 15.5. The van der Waals surface area contributed by atoms with E-state index in [1.54, 1.807) is 11.8 Å². The fourth-order valence-corrected chi connectivity index (χ4v) is 3.22. The normalized spacial score (nSPS) is 27.1. The Hall–Kier alpha value is -0.480. The van der Waals surface area contributed by atoms with Crippen LogP contribution in [0, 0.1) is 6.92 Å². The molecule has 0 saturated heterocycles. The minimum absolute atomic E-state index is 0.129. The Morgan fingerprint density at radius 2 is 2.36 bits per heavy atom. The van der Waals surface area contributed by atoms with Crippen molar-refractivity contribution in [3.63, 3.8) is 0 Å². The average Bonchev–Trinajstić information content (AvgIpc) is 2.62. The number of aliphatic hydroxyl groups excluding tert-OH is 1. The molecule has 78 valence electrons. The van der Waals surface area contributed by atoms with E-state index in [1.165, 1.54) is 0 Å². The van der Waals surface area contributed by atoms with Crippen molar-refractivity contribution in [2.75, 3.05) is 0 Å². The largest absolute Gasteiger partial charge is 0.392 e. The quantitative estimate of drug-likeness (QED) is 0.811. The third kappa shape index (κ3) is 1.96. The van der Waals surface area contributed by atoms with Crippen LogP contribution < -0.4 is 0 Å². The van der Waals surface area contributed by atoms with Crippen molar-refractivity contribution in [2.45, 2.75) is 42.6 Å². The van der Waals surface area contributed by atoms with Crippen molar-refractivity contribution in [3.8, 4) is 0 Å². The van der Waals surface area contributed by atoms with E-state index < -0.39 is 0 Å². The number of aromatic nitrogens is 2. The Labute approximate surface area is 88.5 Å². The fraction of sp³-hybridized carbons (Fsp3) is 0.700. The Morgan fingerprint density at radius 1 is 1.57 bits per heavy atom. The van der Waals surface area contributed by atoms with Gasteiger partial charge in [0, 0.05) is 12.3 Å². The van der Waals surface area contributed by atoms with Crippen molar-refractivity contribution < 1.29 is 5.11 Å². The van der Waals surface area contributed by atoms with Gasteiger partial charge in [0.2, 0.25) is 0 Å². The van der Waals surface area contributed by atoms with Crippen LogP contribution in [-0.2, 0) is 7.05 Å². The molecule has 0 aliphatic heterocycles. The van der Waals surface area contributed by atoms with Crippen LogP contribution in [0.2, 0.25) is 0 Å². The molecule has 1 N–H and O–H groups in total. The van der Waals surface area contributed by atoms with Crippen LogP contribution in [0.5, 0.6) is 0 Å². The van der Waals surface area contributed by atoms with Gasteiger partial charge in [-0.25, -0.2) is 0 Å². The summed E-state index contributed by atoms with van der Waals surface area (Å²) in [6, 6.07) is 2.08. The van der Waals surface area contributed by atoms with Gasteiger partial charge in [-0.3, -0.25) is 4.68 Å². The second kappa shape index (κ2) is 3.95. The SMILES string of the molecule is Cc1cc(S[C@H]2CCC[C@@H]2O)n(C)n1. The van der Waals surface area contributed by atoms with E-state index in [2.05, 4.69) is 11.2 Å². The Bertz CT molecular complexity index is 324. The lowest BCUT2D eigenvalue weighted by Crippen LogP contribution is -2.15. The molecule has 1 heterocycles. The highest BCUT2D eigenvalue weighted by atomic mass is 32.2. The molecule has 1 aromatic heterocycles. The summed E-state index contributed by atoms with van der Waals surface area (Å²) >= 11 is 1.76. The van der Waals surface area contributed by atoms with Crippen molar-refractivity contribution in [1.29, 1.82) is 0 Å². The number of aryl methyl sites for hydroxylation is 2. The predicted octanol–water partition coefficient (Wildman–Crippen LogP) is 1.73. The molecule has 0 spiro atoms. The first kappa shape index (κ1) is 10.1. The molecule has 0 aromatic carbocycles. The second-order valence-electron chi connectivity index (χ2n) is 3.90. The third-order valence-electron chi connectivity index (χ3n) is 2.65. The molecule has 1 aliphatic rings. The average molecular weight is 212 g/mol. The summed E-state index contributed by atoms with van der Waals surface area (Å²) in [4.78, 5) is 0. The molecule has 1 saturated carbocycles. The Balaban J connectivity index is 2.06. The lowest BCUT2D eigenvalue weighted by Gasteiger charge is -2.13. The van der Waals surface area contributed by atoms with Crippen molar-refractivity contribution >= 4 is 11.8 Å². The summed E-state index contributed by atoms with van der Waals surface area (Å²) in [6.07, 6.45) is 3.09. The van der Waals surface area contributed by atoms with Crippen molar-refractivity contribution in [2.24, 2.45) is 7.05 Å². The molecule has 3 nitrogen and oxygen atoms in total. The number of aliphatic hydroxyl groups is 1. The van der Waals surface area contributed by atoms with E-state index in [0.29, 0.717) is 5.25 Å². The number of thioether (sulfide) groups is 1. The standard InChI is InChI=1S/C10H16N2OS/c1-7-6-10(12(2)11-7)14-9-5-3-4-8(9)13/h6,8-9,13H,3-5H2,1-2H3/t8-,9-/m0/s1. The Morgan fingerprint density at radius 3 is 2.86 bits per heavy atom. The van der Waals surface area contributed by atoms with E-state index in [4.69, 9.17) is 0 Å². The van der Waals surface area contributed by atoms with Crippen LogP contribution in [0.4, 0.5) is 0 Å². The van der Waals surface area contributed by atoms with Gasteiger partial charge in [0.1, 0.15) is 0 Å². The maximum absolute atomic E-state index is 9.70. The summed E-state index contributed by atoms with van der Waals surface area (Å²) < 4.78 is 1.89. The molecular weight excluding hydrogens is 196 g/mol. The first-order chi connectivity index (χ1) is 6.66. The van der Waals surface area contributed by atoms with Gasteiger partial charge in [0.05, 0.1) is 16.8 Å². The van der Waals surface area contributed by atoms with Gasteiger partial charge in [-0.15, -0.1) is 11.8 Å². The van der Waals surface area contributed by atoms with E-state index in [9.17, 15) is 5.11 Å². The van der Waals surface area contributed by atoms with Gasteiger partial charge < -0.3 is 5.11 Å². The van der Waals surface area contributed by atoms with Crippen LogP contribution in [0.3, 0.4) is 0 Å². The van der Waals surface area contributed by atoms with Gasteiger partial charge in [0.25, 0.3) is 0 Å². The lowest BCUT2D eigenvalue weighted by molar-refractivity contribution is 0.188. The predicted molar refractivity (Wildman–Crippen MR) is 57.4 cm³/mol. The monoisotopic (exact) mass is 212 g/mol. The lowest BCUT2D eigenvalue weighted by atomic mass is 10.3. The summed E-state index contributed by atoms with van der Waals surface area (Å²) in [5.74, 6) is 0. The molecule has 4 heteroatoms. The smallest absolute Gasteiger partial charge is 0.0942 e. The molecule has 0 unspecified atom stereocenters. The van der Waals surface area contributed by atoms with Gasteiger partial charge in [-0.05, 0) is 32.3 Å². The fourth-order valence-electron chi connectivity index (χ4n) is 1.90. The molecule has 14 heavy (non-hydrogen) atoms. The molecular formula is C10H16N2OS. The highest BCUT2D eigenvalue weighted by Gasteiger charge is 2.26. The van der Waals surface area contributed by atoms with Crippen LogP contribution in [-0.4, -0.2) is 26.2 Å². The van der Waals surface area contributed by atoms with Crippen LogP contribution in [0.1, 0.15) is 25.0 Å². The maximum atomic E-state index is 9.70. The van der Waals surface area contributed by atoms with E-state index in [1.807, 2.05) is 18.7 Å². The van der Waals surface area contributed by atoms with Crippen molar-refractivity contribution in [1.82, 2.24) is 9.78 Å². The Kier molecular flexibility index (Phi) is 2.83. The highest BCUT2D eigenvalue weighted by molar-refractivity contribution is 7.99. The van der Waals surface area contributed by atoms with Gasteiger partial charge in [-0.2, -0.15) is 5.10 Å². The van der Waals surface area contributed by atoms with E-state index in [0.717, 1.165) is 30.0 Å². The minimum atomic E-state index is -0.129. The molecule has 1 aromatic rings. The topological polar surface area (TPSA) is 38.0 Å². The van der Waals surface area contributed by atoms with Gasteiger partial charge in [-0.1, -0.05) is 0 Å². The number of rotatable bonds is 2. The molecule has 0 radical (unpaired) electrons. The molecule has 1 aliphatic carbocycles. The molecule has 0 bridgehead atoms. The zero-order valence-electron chi connectivity index (χ0n) is 8.60. The summed E-state index contributed by atoms with van der Waals surface area (Å²) in [6.45, 7) is 2.00. The minimum Gasteiger partial charge on any atom is -0.392 e. The summed E-state index contributed by atoms with van der Waals surface area (Å²) in [7, 11) is 1.96. The zero-order valence-corrected chi connectivity index (χ0v) is 9.42. The zero-order chi connectivity index (χ0) is 10.1. The highest BCUT2D eigenvalue weighted by Crippen LogP contribution is 2.34. The molecule has 2 atom stereocenters.